The number of hydrogen-bond donors (Lipinski definition) is 1. The Kier molecular flexibility index (Phi) is 3.49. The molecule has 0 aliphatic rings. The van der Waals surface area contributed by atoms with Gasteiger partial charge in [-0.15, -0.1) is 0 Å². The lowest BCUT2D eigenvalue weighted by molar-refractivity contribution is 0.592. The van der Waals surface area contributed by atoms with Crippen LogP contribution in [0.1, 0.15) is 17.2 Å². The predicted octanol–water partition coefficient (Wildman–Crippen LogP) is 3.17. The molecular formula is C12H9BrF2N2. The minimum Gasteiger partial charge on any atom is -0.320 e. The second-order valence-electron chi connectivity index (χ2n) is 3.55. The normalized spacial score (nSPS) is 12.5. The summed E-state index contributed by atoms with van der Waals surface area (Å²) in [5.74, 6) is -0.850. The predicted molar refractivity (Wildman–Crippen MR) is 64.3 cm³/mol. The molecule has 1 unspecified atom stereocenters. The minimum atomic E-state index is -0.644. The number of pyridine rings is 1. The van der Waals surface area contributed by atoms with Crippen LogP contribution < -0.4 is 5.73 Å². The van der Waals surface area contributed by atoms with Crippen molar-refractivity contribution in [2.24, 2.45) is 5.73 Å². The van der Waals surface area contributed by atoms with Crippen LogP contribution in [0.3, 0.4) is 0 Å². The van der Waals surface area contributed by atoms with Crippen molar-refractivity contribution in [1.29, 1.82) is 0 Å². The van der Waals surface area contributed by atoms with Crippen molar-refractivity contribution in [2.45, 2.75) is 6.04 Å². The second kappa shape index (κ2) is 4.89. The zero-order valence-corrected chi connectivity index (χ0v) is 10.3. The first kappa shape index (κ1) is 12.1. The maximum absolute atomic E-state index is 13.5. The lowest BCUT2D eigenvalue weighted by Gasteiger charge is -2.13. The van der Waals surface area contributed by atoms with Crippen molar-refractivity contribution in [1.82, 2.24) is 4.98 Å². The Morgan fingerprint density at radius 3 is 2.59 bits per heavy atom. The maximum atomic E-state index is 13.5. The highest BCUT2D eigenvalue weighted by Gasteiger charge is 2.14. The molecule has 2 rings (SSSR count). The number of halogens is 3. The lowest BCUT2D eigenvalue weighted by atomic mass is 10.0. The standard InChI is InChI=1S/C12H9BrF2N2/c13-9-5-7(1-2-10(9)14)12(16)8-3-4-17-6-11(8)15/h1-6,12H,16H2. The van der Waals surface area contributed by atoms with E-state index in [2.05, 4.69) is 20.9 Å². The van der Waals surface area contributed by atoms with Crippen LogP contribution in [0.5, 0.6) is 0 Å². The molecule has 2 aromatic rings. The van der Waals surface area contributed by atoms with E-state index in [1.54, 1.807) is 6.07 Å². The summed E-state index contributed by atoms with van der Waals surface area (Å²) in [6.45, 7) is 0. The van der Waals surface area contributed by atoms with Gasteiger partial charge in [-0.05, 0) is 39.7 Å². The van der Waals surface area contributed by atoms with Gasteiger partial charge in [0.15, 0.2) is 0 Å². The van der Waals surface area contributed by atoms with Gasteiger partial charge in [-0.1, -0.05) is 6.07 Å². The molecule has 0 amide bonds. The molecule has 88 valence electrons. The topological polar surface area (TPSA) is 38.9 Å². The summed E-state index contributed by atoms with van der Waals surface area (Å²) in [4.78, 5) is 3.65. The van der Waals surface area contributed by atoms with Gasteiger partial charge in [-0.25, -0.2) is 8.78 Å². The highest BCUT2D eigenvalue weighted by molar-refractivity contribution is 9.10. The van der Waals surface area contributed by atoms with Crippen LogP contribution in [0.2, 0.25) is 0 Å². The Hall–Kier alpha value is -1.33. The molecule has 0 saturated carbocycles. The summed E-state index contributed by atoms with van der Waals surface area (Å²) in [6, 6.07) is 5.23. The molecule has 0 radical (unpaired) electrons. The first-order valence-electron chi connectivity index (χ1n) is 4.89. The summed E-state index contributed by atoms with van der Waals surface area (Å²) < 4.78 is 26.9. The zero-order valence-electron chi connectivity index (χ0n) is 8.70. The van der Waals surface area contributed by atoms with Gasteiger partial charge >= 0.3 is 0 Å². The third-order valence-corrected chi connectivity index (χ3v) is 3.05. The van der Waals surface area contributed by atoms with E-state index >= 15 is 0 Å². The van der Waals surface area contributed by atoms with Crippen molar-refractivity contribution < 1.29 is 8.78 Å². The van der Waals surface area contributed by atoms with E-state index in [1.807, 2.05) is 0 Å². The number of benzene rings is 1. The molecule has 0 aliphatic heterocycles. The van der Waals surface area contributed by atoms with E-state index in [0.717, 1.165) is 6.20 Å². The molecule has 0 aliphatic carbocycles. The molecule has 0 saturated heterocycles. The average molecular weight is 299 g/mol. The van der Waals surface area contributed by atoms with E-state index in [4.69, 9.17) is 5.73 Å². The molecule has 2 nitrogen and oxygen atoms in total. The third-order valence-electron chi connectivity index (χ3n) is 2.44. The van der Waals surface area contributed by atoms with E-state index in [9.17, 15) is 8.78 Å². The lowest BCUT2D eigenvalue weighted by Crippen LogP contribution is -2.13. The molecule has 1 aromatic heterocycles. The Balaban J connectivity index is 2.40. The Morgan fingerprint density at radius 1 is 1.18 bits per heavy atom. The third kappa shape index (κ3) is 2.50. The maximum Gasteiger partial charge on any atom is 0.146 e. The minimum absolute atomic E-state index is 0.305. The van der Waals surface area contributed by atoms with Crippen LogP contribution in [0.25, 0.3) is 0 Å². The van der Waals surface area contributed by atoms with Gasteiger partial charge < -0.3 is 5.73 Å². The van der Waals surface area contributed by atoms with Gasteiger partial charge in [0, 0.05) is 11.8 Å². The second-order valence-corrected chi connectivity index (χ2v) is 4.40. The van der Waals surface area contributed by atoms with Gasteiger partial charge in [-0.2, -0.15) is 0 Å². The molecule has 1 aromatic carbocycles. The largest absolute Gasteiger partial charge is 0.320 e. The van der Waals surface area contributed by atoms with Crippen molar-refractivity contribution in [3.63, 3.8) is 0 Å². The smallest absolute Gasteiger partial charge is 0.146 e. The van der Waals surface area contributed by atoms with Crippen LogP contribution in [0.15, 0.2) is 41.1 Å². The van der Waals surface area contributed by atoms with Crippen molar-refractivity contribution in [3.05, 3.63) is 63.9 Å². The molecule has 0 spiro atoms. The Labute approximate surface area is 106 Å². The fraction of sp³-hybridized carbons (Fsp3) is 0.0833. The first-order chi connectivity index (χ1) is 8.09. The molecular weight excluding hydrogens is 290 g/mol. The molecule has 17 heavy (non-hydrogen) atoms. The average Bonchev–Trinajstić information content (AvgIpc) is 2.32. The molecule has 1 atom stereocenters. The number of aromatic nitrogens is 1. The number of hydrogen-bond acceptors (Lipinski definition) is 2. The Bertz CT molecular complexity index is 546. The zero-order chi connectivity index (χ0) is 12.4. The summed E-state index contributed by atoms with van der Waals surface area (Å²) >= 11 is 3.07. The van der Waals surface area contributed by atoms with Crippen LogP contribution in [-0.2, 0) is 0 Å². The SMILES string of the molecule is NC(c1ccc(F)c(Br)c1)c1ccncc1F. The Morgan fingerprint density at radius 2 is 1.94 bits per heavy atom. The van der Waals surface area contributed by atoms with Gasteiger partial charge in [0.1, 0.15) is 11.6 Å². The summed E-state index contributed by atoms with van der Waals surface area (Å²) in [5.41, 5.74) is 6.89. The summed E-state index contributed by atoms with van der Waals surface area (Å²) in [6.07, 6.45) is 2.57. The highest BCUT2D eigenvalue weighted by atomic mass is 79.9. The fourth-order valence-corrected chi connectivity index (χ4v) is 1.92. The van der Waals surface area contributed by atoms with Crippen molar-refractivity contribution in [2.75, 3.05) is 0 Å². The van der Waals surface area contributed by atoms with E-state index in [1.165, 1.54) is 24.4 Å². The van der Waals surface area contributed by atoms with E-state index < -0.39 is 11.9 Å². The van der Waals surface area contributed by atoms with Crippen LogP contribution in [0.4, 0.5) is 8.78 Å². The molecule has 5 heteroatoms. The van der Waals surface area contributed by atoms with Gasteiger partial charge in [-0.3, -0.25) is 4.98 Å². The first-order valence-corrected chi connectivity index (χ1v) is 5.69. The highest BCUT2D eigenvalue weighted by Crippen LogP contribution is 2.25. The fourth-order valence-electron chi connectivity index (χ4n) is 1.52. The van der Waals surface area contributed by atoms with Crippen LogP contribution >= 0.6 is 15.9 Å². The number of nitrogens with two attached hydrogens (primary N) is 1. The monoisotopic (exact) mass is 298 g/mol. The van der Waals surface area contributed by atoms with Gasteiger partial charge in [0.25, 0.3) is 0 Å². The molecule has 1 heterocycles. The van der Waals surface area contributed by atoms with Crippen molar-refractivity contribution >= 4 is 15.9 Å². The van der Waals surface area contributed by atoms with Crippen LogP contribution in [0, 0.1) is 11.6 Å². The molecule has 0 bridgehead atoms. The van der Waals surface area contributed by atoms with Gasteiger partial charge in [0.2, 0.25) is 0 Å². The summed E-state index contributed by atoms with van der Waals surface area (Å²) in [5, 5.41) is 0. The van der Waals surface area contributed by atoms with Crippen molar-refractivity contribution in [3.8, 4) is 0 Å². The van der Waals surface area contributed by atoms with E-state index in [-0.39, 0.29) is 5.82 Å². The van der Waals surface area contributed by atoms with E-state index in [0.29, 0.717) is 15.6 Å². The quantitative estimate of drug-likeness (QED) is 0.925. The summed E-state index contributed by atoms with van der Waals surface area (Å²) in [7, 11) is 0. The molecule has 0 fully saturated rings. The van der Waals surface area contributed by atoms with Gasteiger partial charge in [0.05, 0.1) is 16.7 Å². The molecule has 2 N–H and O–H groups in total. The number of rotatable bonds is 2. The van der Waals surface area contributed by atoms with Crippen LogP contribution in [-0.4, -0.2) is 4.98 Å². The number of nitrogens with zero attached hydrogens (tertiary/aromatic N) is 1.